The molecule has 30 heavy (non-hydrogen) atoms. The van der Waals surface area contributed by atoms with Crippen molar-refractivity contribution in [3.05, 3.63) is 34.9 Å². The number of hydrogen-bond acceptors (Lipinski definition) is 3. The van der Waals surface area contributed by atoms with E-state index in [9.17, 15) is 14.4 Å². The topological polar surface area (TPSA) is 78.5 Å². The van der Waals surface area contributed by atoms with E-state index in [0.717, 1.165) is 0 Å². The Morgan fingerprint density at radius 2 is 1.70 bits per heavy atom. The lowest BCUT2D eigenvalue weighted by Crippen LogP contribution is -2.54. The Morgan fingerprint density at radius 3 is 2.27 bits per heavy atom. The van der Waals surface area contributed by atoms with E-state index in [4.69, 9.17) is 11.6 Å². The minimum atomic E-state index is -0.658. The van der Waals surface area contributed by atoms with Gasteiger partial charge in [0.1, 0.15) is 6.04 Å². The van der Waals surface area contributed by atoms with Crippen LogP contribution in [0.2, 0.25) is 5.02 Å². The molecule has 0 aliphatic carbocycles. The van der Waals surface area contributed by atoms with Crippen LogP contribution >= 0.6 is 11.6 Å². The number of carbonyl (C=O) groups excluding carboxylic acids is 3. The zero-order chi connectivity index (χ0) is 22.3. The fourth-order valence-corrected chi connectivity index (χ4v) is 3.86. The summed E-state index contributed by atoms with van der Waals surface area (Å²) in [4.78, 5) is 40.0. The number of piperidine rings is 1. The lowest BCUT2D eigenvalue weighted by molar-refractivity contribution is -0.133. The van der Waals surface area contributed by atoms with Crippen LogP contribution in [0, 0.1) is 17.8 Å². The molecule has 0 spiro atoms. The fraction of sp³-hybridized carbons (Fsp3) is 0.609. The molecule has 1 aromatic rings. The molecule has 6 nitrogen and oxygen atoms in total. The summed E-state index contributed by atoms with van der Waals surface area (Å²) in [6, 6.07) is 6.15. The Labute approximate surface area is 184 Å². The van der Waals surface area contributed by atoms with Crippen LogP contribution < -0.4 is 10.6 Å². The maximum absolute atomic E-state index is 12.9. The SMILES string of the molecule is CC(C)CNC(=O)C(NC(=O)c1ccccc1Cl)C1CCN(C(=O)CC(C)C)CC1. The lowest BCUT2D eigenvalue weighted by atomic mass is 9.88. The second kappa shape index (κ2) is 11.3. The summed E-state index contributed by atoms with van der Waals surface area (Å²) >= 11 is 6.16. The summed E-state index contributed by atoms with van der Waals surface area (Å²) in [6.45, 7) is 9.86. The van der Waals surface area contributed by atoms with E-state index < -0.39 is 6.04 Å². The van der Waals surface area contributed by atoms with E-state index in [1.165, 1.54) is 0 Å². The molecule has 0 saturated carbocycles. The third kappa shape index (κ3) is 7.01. The fourth-order valence-electron chi connectivity index (χ4n) is 3.64. The quantitative estimate of drug-likeness (QED) is 0.656. The van der Waals surface area contributed by atoms with Gasteiger partial charge in [0, 0.05) is 26.1 Å². The molecule has 1 aliphatic heterocycles. The van der Waals surface area contributed by atoms with E-state index >= 15 is 0 Å². The van der Waals surface area contributed by atoms with Crippen LogP contribution in [-0.2, 0) is 9.59 Å². The average Bonchev–Trinajstić information content (AvgIpc) is 2.70. The molecule has 2 N–H and O–H groups in total. The highest BCUT2D eigenvalue weighted by atomic mass is 35.5. The Morgan fingerprint density at radius 1 is 1.07 bits per heavy atom. The van der Waals surface area contributed by atoms with Crippen molar-refractivity contribution in [3.8, 4) is 0 Å². The number of likely N-dealkylation sites (tertiary alicyclic amines) is 1. The first-order valence-corrected chi connectivity index (χ1v) is 11.2. The van der Waals surface area contributed by atoms with Crippen LogP contribution in [0.25, 0.3) is 0 Å². The molecule has 1 fully saturated rings. The summed E-state index contributed by atoms with van der Waals surface area (Å²) in [5.74, 6) is 0.208. The third-order valence-electron chi connectivity index (χ3n) is 5.32. The van der Waals surface area contributed by atoms with Gasteiger partial charge in [-0.15, -0.1) is 0 Å². The van der Waals surface area contributed by atoms with Crippen molar-refractivity contribution in [1.29, 1.82) is 0 Å². The Bertz CT molecular complexity index is 743. The summed E-state index contributed by atoms with van der Waals surface area (Å²) in [6.07, 6.45) is 1.88. The van der Waals surface area contributed by atoms with E-state index in [1.807, 2.05) is 32.6 Å². The van der Waals surface area contributed by atoms with Gasteiger partial charge in [-0.25, -0.2) is 0 Å². The molecule has 2 rings (SSSR count). The predicted molar refractivity (Wildman–Crippen MR) is 119 cm³/mol. The monoisotopic (exact) mass is 435 g/mol. The van der Waals surface area contributed by atoms with Crippen molar-refractivity contribution in [2.45, 2.75) is 53.0 Å². The smallest absolute Gasteiger partial charge is 0.253 e. The number of benzene rings is 1. The summed E-state index contributed by atoms with van der Waals surface area (Å²) < 4.78 is 0. The first-order chi connectivity index (χ1) is 14.2. The molecule has 0 aromatic heterocycles. The normalized spacial score (nSPS) is 15.9. The standard InChI is InChI=1S/C23H34ClN3O3/c1-15(2)13-20(28)27-11-9-17(10-12-27)21(23(30)25-14-16(3)4)26-22(29)18-7-5-6-8-19(18)24/h5-8,15-17,21H,9-14H2,1-4H3,(H,25,30)(H,26,29). The van der Waals surface area contributed by atoms with E-state index in [1.54, 1.807) is 24.3 Å². The highest BCUT2D eigenvalue weighted by Crippen LogP contribution is 2.23. The van der Waals surface area contributed by atoms with Gasteiger partial charge in [0.25, 0.3) is 5.91 Å². The maximum atomic E-state index is 12.9. The Hall–Kier alpha value is -2.08. The van der Waals surface area contributed by atoms with Crippen molar-refractivity contribution < 1.29 is 14.4 Å². The van der Waals surface area contributed by atoms with Gasteiger partial charge in [0.05, 0.1) is 10.6 Å². The third-order valence-corrected chi connectivity index (χ3v) is 5.65. The van der Waals surface area contributed by atoms with Crippen LogP contribution in [0.5, 0.6) is 0 Å². The largest absolute Gasteiger partial charge is 0.354 e. The van der Waals surface area contributed by atoms with Crippen molar-refractivity contribution >= 4 is 29.3 Å². The van der Waals surface area contributed by atoms with Gasteiger partial charge >= 0.3 is 0 Å². The highest BCUT2D eigenvalue weighted by Gasteiger charge is 2.34. The first-order valence-electron chi connectivity index (χ1n) is 10.8. The van der Waals surface area contributed by atoms with Gasteiger partial charge in [-0.2, -0.15) is 0 Å². The number of amides is 3. The molecule has 0 radical (unpaired) electrons. The van der Waals surface area contributed by atoms with E-state index in [0.29, 0.717) is 61.3 Å². The lowest BCUT2D eigenvalue weighted by Gasteiger charge is -2.36. The summed E-state index contributed by atoms with van der Waals surface area (Å²) in [7, 11) is 0. The number of halogens is 1. The number of nitrogens with one attached hydrogen (secondary N) is 2. The van der Waals surface area contributed by atoms with Crippen molar-refractivity contribution in [3.63, 3.8) is 0 Å². The molecule has 1 unspecified atom stereocenters. The molecule has 1 atom stereocenters. The zero-order valence-corrected chi connectivity index (χ0v) is 19.2. The van der Waals surface area contributed by atoms with Crippen LogP contribution in [0.15, 0.2) is 24.3 Å². The van der Waals surface area contributed by atoms with Gasteiger partial charge in [0.15, 0.2) is 0 Å². The highest BCUT2D eigenvalue weighted by molar-refractivity contribution is 6.33. The summed E-state index contributed by atoms with van der Waals surface area (Å²) in [5, 5.41) is 6.20. The molecule has 0 bridgehead atoms. The molecule has 7 heteroatoms. The van der Waals surface area contributed by atoms with Gasteiger partial charge in [-0.1, -0.05) is 51.4 Å². The van der Waals surface area contributed by atoms with Crippen LogP contribution in [0.1, 0.15) is 57.3 Å². The molecule has 1 saturated heterocycles. The Kier molecular flexibility index (Phi) is 9.15. The molecule has 1 heterocycles. The van der Waals surface area contributed by atoms with Crippen LogP contribution in [0.3, 0.4) is 0 Å². The number of nitrogens with zero attached hydrogens (tertiary/aromatic N) is 1. The van der Waals surface area contributed by atoms with Gasteiger partial charge in [-0.3, -0.25) is 14.4 Å². The van der Waals surface area contributed by atoms with Crippen molar-refractivity contribution in [2.24, 2.45) is 17.8 Å². The van der Waals surface area contributed by atoms with Gasteiger partial charge < -0.3 is 15.5 Å². The number of carbonyl (C=O) groups is 3. The second-order valence-electron chi connectivity index (χ2n) is 8.89. The van der Waals surface area contributed by atoms with E-state index in [2.05, 4.69) is 10.6 Å². The molecule has 1 aromatic carbocycles. The molecule has 1 aliphatic rings. The zero-order valence-electron chi connectivity index (χ0n) is 18.4. The molecular formula is C23H34ClN3O3. The first kappa shape index (κ1) is 24.2. The van der Waals surface area contributed by atoms with Crippen LogP contribution in [-0.4, -0.2) is 48.3 Å². The minimum absolute atomic E-state index is 0.0355. The number of rotatable bonds is 8. The van der Waals surface area contributed by atoms with Crippen molar-refractivity contribution in [1.82, 2.24) is 15.5 Å². The predicted octanol–water partition coefficient (Wildman–Crippen LogP) is 3.50. The van der Waals surface area contributed by atoms with Gasteiger partial charge in [0.2, 0.25) is 11.8 Å². The summed E-state index contributed by atoms with van der Waals surface area (Å²) in [5.41, 5.74) is 0.352. The Balaban J connectivity index is 2.08. The maximum Gasteiger partial charge on any atom is 0.253 e. The van der Waals surface area contributed by atoms with Crippen molar-refractivity contribution in [2.75, 3.05) is 19.6 Å². The van der Waals surface area contributed by atoms with E-state index in [-0.39, 0.29) is 23.6 Å². The molecular weight excluding hydrogens is 402 g/mol. The second-order valence-corrected chi connectivity index (χ2v) is 9.29. The number of hydrogen-bond donors (Lipinski definition) is 2. The van der Waals surface area contributed by atoms with Crippen LogP contribution in [0.4, 0.5) is 0 Å². The molecule has 166 valence electrons. The minimum Gasteiger partial charge on any atom is -0.354 e. The average molecular weight is 436 g/mol. The molecule has 3 amide bonds. The van der Waals surface area contributed by atoms with Gasteiger partial charge in [-0.05, 0) is 42.7 Å².